The number of aryl methyl sites for hydroxylation is 1. The van der Waals surface area contributed by atoms with Crippen molar-refractivity contribution in [2.24, 2.45) is 0 Å². The largest absolute Gasteiger partial charge is 0.497 e. The molecule has 0 saturated carbocycles. The molecule has 0 saturated heterocycles. The Labute approximate surface area is 180 Å². The van der Waals surface area contributed by atoms with Gasteiger partial charge in [-0.25, -0.2) is 0 Å². The molecular formula is C25H24N2O4. The van der Waals surface area contributed by atoms with Gasteiger partial charge in [-0.3, -0.25) is 9.59 Å². The highest BCUT2D eigenvalue weighted by Crippen LogP contribution is 2.23. The second kappa shape index (κ2) is 8.52. The molecule has 0 amide bonds. The van der Waals surface area contributed by atoms with Crippen LogP contribution in [0.3, 0.4) is 0 Å². The van der Waals surface area contributed by atoms with Gasteiger partial charge in [0.05, 0.1) is 13.5 Å². The van der Waals surface area contributed by atoms with Crippen LogP contribution in [-0.2, 0) is 16.0 Å². The monoisotopic (exact) mass is 416 g/mol. The third-order valence-electron chi connectivity index (χ3n) is 5.44. The summed E-state index contributed by atoms with van der Waals surface area (Å²) >= 11 is 0. The van der Waals surface area contributed by atoms with Crippen LogP contribution in [-0.4, -0.2) is 35.0 Å². The number of carbonyl (C=O) groups is 2. The maximum Gasteiger partial charge on any atom is 0.310 e. The highest BCUT2D eigenvalue weighted by molar-refractivity contribution is 5.99. The summed E-state index contributed by atoms with van der Waals surface area (Å²) in [5, 5.41) is 0.980. The van der Waals surface area contributed by atoms with E-state index in [1.54, 1.807) is 13.3 Å². The molecule has 31 heavy (non-hydrogen) atoms. The van der Waals surface area contributed by atoms with Crippen LogP contribution in [0.4, 0.5) is 0 Å². The molecule has 2 aromatic carbocycles. The molecule has 0 atom stereocenters. The second-order valence-electron chi connectivity index (χ2n) is 7.44. The zero-order chi connectivity index (χ0) is 22.0. The van der Waals surface area contributed by atoms with E-state index < -0.39 is 5.97 Å². The van der Waals surface area contributed by atoms with Crippen molar-refractivity contribution in [3.05, 3.63) is 83.3 Å². The minimum absolute atomic E-state index is 0.113. The van der Waals surface area contributed by atoms with Gasteiger partial charge in [0, 0.05) is 39.7 Å². The number of methoxy groups -OCH3 is 1. The van der Waals surface area contributed by atoms with Crippen molar-refractivity contribution >= 4 is 22.7 Å². The molecule has 0 spiro atoms. The number of esters is 1. The van der Waals surface area contributed by atoms with Crippen molar-refractivity contribution in [1.29, 1.82) is 0 Å². The number of carbonyl (C=O) groups excluding carboxylic acids is 2. The highest BCUT2D eigenvalue weighted by Gasteiger charge is 2.19. The molecule has 6 heteroatoms. The molecule has 0 aliphatic heterocycles. The number of benzene rings is 2. The fourth-order valence-electron chi connectivity index (χ4n) is 3.88. The van der Waals surface area contributed by atoms with Crippen LogP contribution in [0, 0.1) is 13.8 Å². The summed E-state index contributed by atoms with van der Waals surface area (Å²) in [5.74, 6) is 0.117. The van der Waals surface area contributed by atoms with E-state index in [9.17, 15) is 9.59 Å². The lowest BCUT2D eigenvalue weighted by atomic mass is 10.1. The van der Waals surface area contributed by atoms with Crippen LogP contribution >= 0.6 is 0 Å². The predicted molar refractivity (Wildman–Crippen MR) is 119 cm³/mol. The summed E-state index contributed by atoms with van der Waals surface area (Å²) in [6.07, 6.45) is 1.92. The number of hydrogen-bond acceptors (Lipinski definition) is 4. The Bertz CT molecular complexity index is 1250. The van der Waals surface area contributed by atoms with E-state index >= 15 is 0 Å². The first-order chi connectivity index (χ1) is 15.0. The molecule has 0 aliphatic carbocycles. The lowest BCUT2D eigenvalue weighted by Crippen LogP contribution is -2.16. The number of ether oxygens (including phenoxy) is 2. The molecule has 0 aliphatic rings. The van der Waals surface area contributed by atoms with Gasteiger partial charge in [-0.05, 0) is 55.8 Å². The molecule has 0 fully saturated rings. The fourth-order valence-corrected chi connectivity index (χ4v) is 3.88. The van der Waals surface area contributed by atoms with Gasteiger partial charge in [0.1, 0.15) is 5.75 Å². The van der Waals surface area contributed by atoms with Crippen molar-refractivity contribution < 1.29 is 19.1 Å². The number of ketones is 1. The minimum Gasteiger partial charge on any atom is -0.497 e. The van der Waals surface area contributed by atoms with Gasteiger partial charge in [-0.15, -0.1) is 0 Å². The number of Topliss-reactive ketones (excluding diaryl/α,β-unsaturated/α-hetero) is 1. The summed E-state index contributed by atoms with van der Waals surface area (Å²) in [7, 11) is 1.62. The SMILES string of the molecule is COc1ccc(-n2c(C)cc(C(=O)COC(=O)Cc3c[nH]c4ccccc34)c2C)cc1. The number of hydrogen-bond donors (Lipinski definition) is 1. The molecular weight excluding hydrogens is 392 g/mol. The first-order valence-corrected chi connectivity index (χ1v) is 10.0. The Morgan fingerprint density at radius 1 is 1.03 bits per heavy atom. The number of aromatic nitrogens is 2. The summed E-state index contributed by atoms with van der Waals surface area (Å²) < 4.78 is 12.5. The van der Waals surface area contributed by atoms with Crippen LogP contribution < -0.4 is 4.74 Å². The standard InChI is InChI=1S/C25H24N2O4/c1-16-12-22(17(2)27(16)19-8-10-20(30-3)11-9-19)24(28)15-31-25(29)13-18-14-26-23-7-5-4-6-21(18)23/h4-12,14,26H,13,15H2,1-3H3. The lowest BCUT2D eigenvalue weighted by molar-refractivity contribution is -0.141. The quantitative estimate of drug-likeness (QED) is 0.354. The van der Waals surface area contributed by atoms with Crippen molar-refractivity contribution in [3.63, 3.8) is 0 Å². The van der Waals surface area contributed by atoms with Gasteiger partial charge in [0.15, 0.2) is 6.61 Å². The van der Waals surface area contributed by atoms with Gasteiger partial charge in [-0.1, -0.05) is 18.2 Å². The van der Waals surface area contributed by atoms with E-state index in [0.717, 1.165) is 39.3 Å². The van der Waals surface area contributed by atoms with E-state index in [4.69, 9.17) is 9.47 Å². The molecule has 0 bridgehead atoms. The first kappa shape index (κ1) is 20.5. The predicted octanol–water partition coefficient (Wildman–Crippen LogP) is 4.55. The number of rotatable bonds is 7. The fraction of sp³-hybridized carbons (Fsp3) is 0.200. The third kappa shape index (κ3) is 4.10. The molecule has 1 N–H and O–H groups in total. The van der Waals surface area contributed by atoms with Crippen molar-refractivity contribution in [2.75, 3.05) is 13.7 Å². The third-order valence-corrected chi connectivity index (χ3v) is 5.44. The number of fused-ring (bicyclic) bond motifs is 1. The summed E-state index contributed by atoms with van der Waals surface area (Å²) in [4.78, 5) is 28.2. The molecule has 4 rings (SSSR count). The van der Waals surface area contributed by atoms with Gasteiger partial charge in [0.25, 0.3) is 0 Å². The number of aromatic amines is 1. The molecule has 6 nitrogen and oxygen atoms in total. The highest BCUT2D eigenvalue weighted by atomic mass is 16.5. The smallest absolute Gasteiger partial charge is 0.310 e. The topological polar surface area (TPSA) is 73.3 Å². The van der Waals surface area contributed by atoms with E-state index in [1.807, 2.05) is 73.0 Å². The van der Waals surface area contributed by atoms with Crippen molar-refractivity contribution in [3.8, 4) is 11.4 Å². The molecule has 158 valence electrons. The average Bonchev–Trinajstić information content (AvgIpc) is 3.32. The number of nitrogens with one attached hydrogen (secondary N) is 1. The lowest BCUT2D eigenvalue weighted by Gasteiger charge is -2.11. The van der Waals surface area contributed by atoms with Gasteiger partial charge >= 0.3 is 5.97 Å². The summed E-state index contributed by atoms with van der Waals surface area (Å²) in [5.41, 5.74) is 5.04. The normalized spacial score (nSPS) is 10.9. The zero-order valence-electron chi connectivity index (χ0n) is 17.8. The van der Waals surface area contributed by atoms with E-state index in [1.165, 1.54) is 0 Å². The Kier molecular flexibility index (Phi) is 5.62. The van der Waals surface area contributed by atoms with Crippen LogP contribution in [0.2, 0.25) is 0 Å². The molecule has 4 aromatic rings. The molecule has 2 heterocycles. The van der Waals surface area contributed by atoms with Gasteiger partial charge in [0.2, 0.25) is 5.78 Å². The van der Waals surface area contributed by atoms with Gasteiger partial charge in [-0.2, -0.15) is 0 Å². The summed E-state index contributed by atoms with van der Waals surface area (Å²) in [6.45, 7) is 3.54. The Hall–Kier alpha value is -3.80. The van der Waals surface area contributed by atoms with Crippen LogP contribution in [0.5, 0.6) is 5.75 Å². The van der Waals surface area contributed by atoms with Crippen LogP contribution in [0.25, 0.3) is 16.6 Å². The maximum atomic E-state index is 12.8. The molecule has 0 unspecified atom stereocenters. The second-order valence-corrected chi connectivity index (χ2v) is 7.44. The minimum atomic E-state index is -0.429. The van der Waals surface area contributed by atoms with E-state index in [2.05, 4.69) is 4.98 Å². The maximum absolute atomic E-state index is 12.8. The number of H-pyrrole nitrogens is 1. The Balaban J connectivity index is 1.44. The molecule has 2 aromatic heterocycles. The van der Waals surface area contributed by atoms with E-state index in [0.29, 0.717) is 5.56 Å². The van der Waals surface area contributed by atoms with E-state index in [-0.39, 0.29) is 18.8 Å². The van der Waals surface area contributed by atoms with Crippen molar-refractivity contribution in [2.45, 2.75) is 20.3 Å². The zero-order valence-corrected chi connectivity index (χ0v) is 17.8. The van der Waals surface area contributed by atoms with Crippen molar-refractivity contribution in [1.82, 2.24) is 9.55 Å². The Morgan fingerprint density at radius 2 is 1.77 bits per heavy atom. The van der Waals surface area contributed by atoms with Crippen LogP contribution in [0.15, 0.2) is 60.8 Å². The summed E-state index contributed by atoms with van der Waals surface area (Å²) in [6, 6.07) is 17.2. The first-order valence-electron chi connectivity index (χ1n) is 10.0. The Morgan fingerprint density at radius 3 is 2.52 bits per heavy atom. The van der Waals surface area contributed by atoms with Gasteiger partial charge < -0.3 is 19.0 Å². The number of para-hydroxylation sites is 1. The van der Waals surface area contributed by atoms with Crippen LogP contribution in [0.1, 0.15) is 27.3 Å². The average molecular weight is 416 g/mol. The number of nitrogens with zero attached hydrogens (tertiary/aromatic N) is 1. The molecule has 0 radical (unpaired) electrons.